The molecule has 0 aromatic carbocycles. The summed E-state index contributed by atoms with van der Waals surface area (Å²) in [6.45, 7) is 8.83. The standard InChI is InChI=1S/C27H38N4O5/c1-3-26(4-2)17-30(15-18-9-13-36-14-10-18)12-11-27(26,35)22-7-5-19-20(28-22)16-31(25(19)34)21-6-8-23(32)29-24(21)33/h5,7,18,21,35H,3-4,6,8-17H2,1-2H3,(H,29,32,33). The number of imide groups is 1. The zero-order valence-corrected chi connectivity index (χ0v) is 21.4. The van der Waals surface area contributed by atoms with Crippen LogP contribution in [-0.4, -0.2) is 76.5 Å². The number of rotatable bonds is 6. The maximum atomic E-state index is 13.1. The lowest BCUT2D eigenvalue weighted by Gasteiger charge is -2.53. The second-order valence-corrected chi connectivity index (χ2v) is 11.0. The van der Waals surface area contributed by atoms with Crippen molar-refractivity contribution in [3.05, 3.63) is 29.1 Å². The van der Waals surface area contributed by atoms with Gasteiger partial charge < -0.3 is 19.6 Å². The molecule has 1 aromatic rings. The molecule has 4 aliphatic heterocycles. The SMILES string of the molecule is CCC1(CC)CN(CC2CCOCC2)CCC1(O)c1ccc2c(n1)CN(C1CCC(=O)NC1=O)C2=O. The molecule has 196 valence electrons. The van der Waals surface area contributed by atoms with Gasteiger partial charge in [-0.25, -0.2) is 0 Å². The van der Waals surface area contributed by atoms with Crippen molar-refractivity contribution in [1.82, 2.24) is 20.1 Å². The largest absolute Gasteiger partial charge is 0.383 e. The lowest BCUT2D eigenvalue weighted by Crippen LogP contribution is -2.58. The molecule has 0 saturated carbocycles. The summed E-state index contributed by atoms with van der Waals surface area (Å²) in [4.78, 5) is 45.9. The van der Waals surface area contributed by atoms with Gasteiger partial charge in [-0.1, -0.05) is 13.8 Å². The minimum absolute atomic E-state index is 0.214. The Bertz CT molecular complexity index is 1030. The molecule has 4 aliphatic rings. The highest BCUT2D eigenvalue weighted by molar-refractivity contribution is 6.05. The van der Waals surface area contributed by atoms with Crippen molar-refractivity contribution in [3.8, 4) is 0 Å². The minimum atomic E-state index is -1.09. The molecule has 2 atom stereocenters. The van der Waals surface area contributed by atoms with Crippen LogP contribution >= 0.6 is 0 Å². The molecule has 1 aromatic heterocycles. The van der Waals surface area contributed by atoms with E-state index in [1.807, 2.05) is 0 Å². The van der Waals surface area contributed by atoms with Gasteiger partial charge in [-0.05, 0) is 56.6 Å². The number of carbonyl (C=O) groups excluding carboxylic acids is 3. The zero-order valence-electron chi connectivity index (χ0n) is 21.4. The summed E-state index contributed by atoms with van der Waals surface area (Å²) in [7, 11) is 0. The first-order valence-electron chi connectivity index (χ1n) is 13.5. The van der Waals surface area contributed by atoms with Crippen LogP contribution in [-0.2, 0) is 26.5 Å². The average molecular weight is 499 g/mol. The highest BCUT2D eigenvalue weighted by atomic mass is 16.5. The Hall–Kier alpha value is -2.36. The molecule has 5 heterocycles. The van der Waals surface area contributed by atoms with Gasteiger partial charge in [0.15, 0.2) is 0 Å². The number of hydrogen-bond donors (Lipinski definition) is 2. The van der Waals surface area contributed by atoms with E-state index in [1.54, 1.807) is 12.1 Å². The van der Waals surface area contributed by atoms with Crippen LogP contribution in [0, 0.1) is 11.3 Å². The summed E-state index contributed by atoms with van der Waals surface area (Å²) < 4.78 is 5.53. The highest BCUT2D eigenvalue weighted by Crippen LogP contribution is 2.50. The van der Waals surface area contributed by atoms with Crippen molar-refractivity contribution in [3.63, 3.8) is 0 Å². The number of piperidine rings is 2. The monoisotopic (exact) mass is 498 g/mol. The third-order valence-electron chi connectivity index (χ3n) is 9.20. The third kappa shape index (κ3) is 4.25. The number of fused-ring (bicyclic) bond motifs is 1. The molecule has 0 radical (unpaired) electrons. The van der Waals surface area contributed by atoms with Crippen LogP contribution in [0.3, 0.4) is 0 Å². The average Bonchev–Trinajstić information content (AvgIpc) is 3.21. The molecule has 0 spiro atoms. The van der Waals surface area contributed by atoms with Gasteiger partial charge in [-0.2, -0.15) is 0 Å². The van der Waals surface area contributed by atoms with Gasteiger partial charge in [-0.3, -0.25) is 24.7 Å². The van der Waals surface area contributed by atoms with Gasteiger partial charge in [0, 0.05) is 44.7 Å². The second kappa shape index (κ2) is 9.84. The first kappa shape index (κ1) is 25.3. The zero-order chi connectivity index (χ0) is 25.5. The molecular weight excluding hydrogens is 460 g/mol. The fraction of sp³-hybridized carbons (Fsp3) is 0.704. The van der Waals surface area contributed by atoms with Crippen molar-refractivity contribution in [2.75, 3.05) is 32.8 Å². The topological polar surface area (TPSA) is 112 Å². The van der Waals surface area contributed by atoms with Crippen molar-refractivity contribution >= 4 is 17.7 Å². The van der Waals surface area contributed by atoms with E-state index >= 15 is 0 Å². The number of aliphatic hydroxyl groups is 1. The number of aromatic nitrogens is 1. The molecule has 3 fully saturated rings. The number of carbonyl (C=O) groups is 3. The number of pyridine rings is 1. The fourth-order valence-electron chi connectivity index (χ4n) is 6.80. The number of amides is 3. The van der Waals surface area contributed by atoms with Crippen molar-refractivity contribution in [2.45, 2.75) is 77.0 Å². The normalized spacial score (nSPS) is 29.4. The Balaban J connectivity index is 1.37. The summed E-state index contributed by atoms with van der Waals surface area (Å²) >= 11 is 0. The van der Waals surface area contributed by atoms with Crippen molar-refractivity contribution in [2.24, 2.45) is 11.3 Å². The Kier molecular flexibility index (Phi) is 6.91. The lowest BCUT2D eigenvalue weighted by molar-refractivity contribution is -0.152. The van der Waals surface area contributed by atoms with Crippen molar-refractivity contribution < 1.29 is 24.2 Å². The predicted octanol–water partition coefficient (Wildman–Crippen LogP) is 1.97. The third-order valence-corrected chi connectivity index (χ3v) is 9.20. The summed E-state index contributed by atoms with van der Waals surface area (Å²) in [5, 5.41) is 14.6. The van der Waals surface area contributed by atoms with E-state index in [0.29, 0.717) is 35.7 Å². The highest BCUT2D eigenvalue weighted by Gasteiger charge is 2.54. The number of nitrogens with one attached hydrogen (secondary N) is 1. The molecule has 2 N–H and O–H groups in total. The summed E-state index contributed by atoms with van der Waals surface area (Å²) in [5.74, 6) is -0.339. The Morgan fingerprint density at radius 1 is 1.14 bits per heavy atom. The van der Waals surface area contributed by atoms with Crippen LogP contribution in [0.1, 0.15) is 80.5 Å². The lowest BCUT2D eigenvalue weighted by atomic mass is 9.62. The van der Waals surface area contributed by atoms with E-state index in [4.69, 9.17) is 9.72 Å². The summed E-state index contributed by atoms with van der Waals surface area (Å²) in [6.07, 6.45) is 4.96. The van der Waals surface area contributed by atoms with E-state index in [9.17, 15) is 19.5 Å². The first-order valence-corrected chi connectivity index (χ1v) is 13.5. The Labute approximate surface area is 212 Å². The van der Waals surface area contributed by atoms with Crippen LogP contribution in [0.15, 0.2) is 12.1 Å². The molecular formula is C27H38N4O5. The van der Waals surface area contributed by atoms with Crippen LogP contribution in [0.4, 0.5) is 0 Å². The number of hydrogen-bond acceptors (Lipinski definition) is 7. The maximum Gasteiger partial charge on any atom is 0.256 e. The van der Waals surface area contributed by atoms with E-state index in [1.165, 1.54) is 4.90 Å². The molecule has 3 saturated heterocycles. The molecule has 36 heavy (non-hydrogen) atoms. The van der Waals surface area contributed by atoms with Gasteiger partial charge >= 0.3 is 0 Å². The second-order valence-electron chi connectivity index (χ2n) is 11.0. The maximum absolute atomic E-state index is 13.1. The molecule has 9 heteroatoms. The van der Waals surface area contributed by atoms with Gasteiger partial charge in [0.1, 0.15) is 11.6 Å². The van der Waals surface area contributed by atoms with Gasteiger partial charge in [0.2, 0.25) is 11.8 Å². The Morgan fingerprint density at radius 3 is 2.58 bits per heavy atom. The van der Waals surface area contributed by atoms with E-state index in [-0.39, 0.29) is 30.2 Å². The summed E-state index contributed by atoms with van der Waals surface area (Å²) in [5.41, 5.74) is 0.254. The van der Waals surface area contributed by atoms with Gasteiger partial charge in [0.25, 0.3) is 5.91 Å². The molecule has 2 unspecified atom stereocenters. The fourth-order valence-corrected chi connectivity index (χ4v) is 6.80. The molecule has 3 amide bonds. The van der Waals surface area contributed by atoms with Crippen molar-refractivity contribution in [1.29, 1.82) is 0 Å². The quantitative estimate of drug-likeness (QED) is 0.577. The molecule has 9 nitrogen and oxygen atoms in total. The number of ether oxygens (including phenoxy) is 1. The van der Waals surface area contributed by atoms with Crippen LogP contribution in [0.2, 0.25) is 0 Å². The van der Waals surface area contributed by atoms with Crippen LogP contribution in [0.5, 0.6) is 0 Å². The van der Waals surface area contributed by atoms with Gasteiger partial charge in [0.05, 0.1) is 23.5 Å². The number of likely N-dealkylation sites (tertiary alicyclic amines) is 1. The number of nitrogens with zero attached hydrogens (tertiary/aromatic N) is 3. The molecule has 0 aliphatic carbocycles. The van der Waals surface area contributed by atoms with E-state index in [0.717, 1.165) is 58.5 Å². The minimum Gasteiger partial charge on any atom is -0.383 e. The predicted molar refractivity (Wildman–Crippen MR) is 132 cm³/mol. The first-order chi connectivity index (χ1) is 17.3. The van der Waals surface area contributed by atoms with Crippen LogP contribution in [0.25, 0.3) is 0 Å². The van der Waals surface area contributed by atoms with E-state index < -0.39 is 17.6 Å². The molecule has 0 bridgehead atoms. The van der Waals surface area contributed by atoms with E-state index in [2.05, 4.69) is 24.1 Å². The Morgan fingerprint density at radius 2 is 1.89 bits per heavy atom. The van der Waals surface area contributed by atoms with Gasteiger partial charge in [-0.15, -0.1) is 0 Å². The summed E-state index contributed by atoms with van der Waals surface area (Å²) in [6, 6.07) is 2.89. The van der Waals surface area contributed by atoms with Crippen LogP contribution < -0.4 is 5.32 Å². The molecule has 5 rings (SSSR count). The smallest absolute Gasteiger partial charge is 0.256 e.